The van der Waals surface area contributed by atoms with E-state index >= 15 is 0 Å². The van der Waals surface area contributed by atoms with Crippen molar-refractivity contribution < 1.29 is 9.59 Å². The molecule has 2 aliphatic heterocycles. The van der Waals surface area contributed by atoms with Crippen molar-refractivity contribution in [3.63, 3.8) is 0 Å². The maximum atomic E-state index is 13.1. The summed E-state index contributed by atoms with van der Waals surface area (Å²) in [5.41, 5.74) is 6.01. The molecule has 0 spiro atoms. The lowest BCUT2D eigenvalue weighted by molar-refractivity contribution is -0.148. The number of halogens is 1. The van der Waals surface area contributed by atoms with E-state index in [9.17, 15) is 9.59 Å². The van der Waals surface area contributed by atoms with Gasteiger partial charge >= 0.3 is 0 Å². The average molecular weight is 372 g/mol. The highest BCUT2D eigenvalue weighted by Gasteiger charge is 2.40. The molecule has 3 rings (SSSR count). The summed E-state index contributed by atoms with van der Waals surface area (Å²) in [6.45, 7) is 5.46. The normalized spacial score (nSPS) is 29.2. The summed E-state index contributed by atoms with van der Waals surface area (Å²) in [7, 11) is 0. The molecule has 3 fully saturated rings. The third-order valence-corrected chi connectivity index (χ3v) is 6.41. The Morgan fingerprint density at radius 3 is 1.68 bits per heavy atom. The van der Waals surface area contributed by atoms with Crippen LogP contribution in [0.4, 0.5) is 0 Å². The van der Waals surface area contributed by atoms with Crippen LogP contribution in [0, 0.1) is 17.8 Å². The van der Waals surface area contributed by atoms with Crippen LogP contribution in [0.5, 0.6) is 0 Å². The molecule has 6 heteroatoms. The van der Waals surface area contributed by atoms with Gasteiger partial charge in [-0.3, -0.25) is 9.59 Å². The Kier molecular flexibility index (Phi) is 7.56. The first-order valence-corrected chi connectivity index (χ1v) is 9.91. The number of amides is 2. The molecule has 25 heavy (non-hydrogen) atoms. The molecule has 0 aromatic heterocycles. The summed E-state index contributed by atoms with van der Waals surface area (Å²) >= 11 is 0. The van der Waals surface area contributed by atoms with Crippen LogP contribution in [0.2, 0.25) is 0 Å². The summed E-state index contributed by atoms with van der Waals surface area (Å²) in [6.07, 6.45) is 8.17. The Hall–Kier alpha value is -0.810. The van der Waals surface area contributed by atoms with E-state index in [0.29, 0.717) is 5.92 Å². The van der Waals surface area contributed by atoms with Gasteiger partial charge in [0.05, 0.1) is 0 Å². The Morgan fingerprint density at radius 1 is 0.800 bits per heavy atom. The number of rotatable bonds is 3. The maximum absolute atomic E-state index is 13.1. The second kappa shape index (κ2) is 9.22. The van der Waals surface area contributed by atoms with Crippen LogP contribution >= 0.6 is 12.4 Å². The van der Waals surface area contributed by atoms with Gasteiger partial charge in [-0.05, 0) is 51.4 Å². The lowest BCUT2D eigenvalue weighted by Crippen LogP contribution is -2.49. The summed E-state index contributed by atoms with van der Waals surface area (Å²) < 4.78 is 0. The highest BCUT2D eigenvalue weighted by Crippen LogP contribution is 2.34. The topological polar surface area (TPSA) is 66.6 Å². The van der Waals surface area contributed by atoms with E-state index in [-0.39, 0.29) is 42.1 Å². The Balaban J connectivity index is 0.00000225. The number of piperidine rings is 1. The third kappa shape index (κ3) is 4.68. The Morgan fingerprint density at radius 2 is 1.24 bits per heavy atom. The van der Waals surface area contributed by atoms with Gasteiger partial charge < -0.3 is 15.5 Å². The summed E-state index contributed by atoms with van der Waals surface area (Å²) in [5.74, 6) is 0.850. The van der Waals surface area contributed by atoms with E-state index in [0.717, 1.165) is 77.5 Å². The molecule has 3 unspecified atom stereocenters. The van der Waals surface area contributed by atoms with Crippen LogP contribution in [0.25, 0.3) is 0 Å². The largest absolute Gasteiger partial charge is 0.342 e. The maximum Gasteiger partial charge on any atom is 0.226 e. The highest BCUT2D eigenvalue weighted by atomic mass is 35.5. The molecule has 0 bridgehead atoms. The van der Waals surface area contributed by atoms with Crippen LogP contribution in [0.1, 0.15) is 58.3 Å². The minimum atomic E-state index is -0.0845. The first-order valence-electron chi connectivity index (χ1n) is 9.91. The zero-order valence-electron chi connectivity index (χ0n) is 15.5. The van der Waals surface area contributed by atoms with E-state index in [1.165, 1.54) is 0 Å². The van der Waals surface area contributed by atoms with Crippen LogP contribution in [0.3, 0.4) is 0 Å². The standard InChI is InChI=1S/C19H33N3O2.ClH/c1-14(20)15-8-12-22(13-9-15)19(24)17-7-3-2-6-16(17)18(23)21-10-4-5-11-21;/h14-17H,2-13,20H2,1H3;1H. The molecule has 2 heterocycles. The van der Waals surface area contributed by atoms with Crippen molar-refractivity contribution in [2.75, 3.05) is 26.2 Å². The van der Waals surface area contributed by atoms with Gasteiger partial charge in [-0.2, -0.15) is 0 Å². The second-order valence-electron chi connectivity index (χ2n) is 8.05. The number of carbonyl (C=O) groups is 2. The molecule has 3 atom stereocenters. The van der Waals surface area contributed by atoms with Gasteiger partial charge in [0.1, 0.15) is 0 Å². The van der Waals surface area contributed by atoms with E-state index in [2.05, 4.69) is 6.92 Å². The van der Waals surface area contributed by atoms with Crippen molar-refractivity contribution in [3.05, 3.63) is 0 Å². The molecular weight excluding hydrogens is 338 g/mol. The number of likely N-dealkylation sites (tertiary alicyclic amines) is 2. The second-order valence-corrected chi connectivity index (χ2v) is 8.05. The average Bonchev–Trinajstić information content (AvgIpc) is 3.15. The van der Waals surface area contributed by atoms with Gasteiger partial charge in [0.15, 0.2) is 0 Å². The summed E-state index contributed by atoms with van der Waals surface area (Å²) in [6, 6.07) is 0.210. The quantitative estimate of drug-likeness (QED) is 0.828. The predicted octanol–water partition coefficient (Wildman–Crippen LogP) is 2.42. The van der Waals surface area contributed by atoms with Crippen molar-refractivity contribution in [2.45, 2.75) is 64.3 Å². The van der Waals surface area contributed by atoms with E-state index < -0.39 is 0 Å². The molecule has 0 aromatic carbocycles. The molecule has 2 amide bonds. The summed E-state index contributed by atoms with van der Waals surface area (Å²) in [4.78, 5) is 30.0. The lowest BCUT2D eigenvalue weighted by Gasteiger charge is -2.39. The number of nitrogens with two attached hydrogens (primary N) is 1. The van der Waals surface area contributed by atoms with Crippen molar-refractivity contribution in [3.8, 4) is 0 Å². The Bertz CT molecular complexity index is 458. The van der Waals surface area contributed by atoms with Crippen molar-refractivity contribution in [2.24, 2.45) is 23.5 Å². The van der Waals surface area contributed by atoms with E-state index in [1.807, 2.05) is 9.80 Å². The molecule has 2 saturated heterocycles. The van der Waals surface area contributed by atoms with Gasteiger partial charge in [-0.1, -0.05) is 12.8 Å². The van der Waals surface area contributed by atoms with Crippen LogP contribution < -0.4 is 5.73 Å². The smallest absolute Gasteiger partial charge is 0.226 e. The first-order chi connectivity index (χ1) is 11.6. The van der Waals surface area contributed by atoms with Crippen LogP contribution in [-0.4, -0.2) is 53.8 Å². The molecule has 3 aliphatic rings. The van der Waals surface area contributed by atoms with Crippen molar-refractivity contribution >= 4 is 24.2 Å². The van der Waals surface area contributed by atoms with Gasteiger partial charge in [0.25, 0.3) is 0 Å². The highest BCUT2D eigenvalue weighted by molar-refractivity contribution is 5.88. The number of hydrogen-bond donors (Lipinski definition) is 1. The van der Waals surface area contributed by atoms with Crippen molar-refractivity contribution in [1.29, 1.82) is 0 Å². The molecule has 5 nitrogen and oxygen atoms in total. The number of hydrogen-bond acceptors (Lipinski definition) is 3. The molecule has 1 aliphatic carbocycles. The lowest BCUT2D eigenvalue weighted by atomic mass is 9.77. The van der Waals surface area contributed by atoms with E-state index in [1.54, 1.807) is 0 Å². The van der Waals surface area contributed by atoms with Gasteiger partial charge in [-0.15, -0.1) is 12.4 Å². The number of carbonyl (C=O) groups excluding carboxylic acids is 2. The van der Waals surface area contributed by atoms with Crippen LogP contribution in [-0.2, 0) is 9.59 Å². The molecular formula is C19H34ClN3O2. The Labute approximate surface area is 158 Å². The zero-order valence-corrected chi connectivity index (χ0v) is 16.3. The predicted molar refractivity (Wildman–Crippen MR) is 101 cm³/mol. The third-order valence-electron chi connectivity index (χ3n) is 6.41. The molecule has 144 valence electrons. The van der Waals surface area contributed by atoms with Crippen molar-refractivity contribution in [1.82, 2.24) is 9.80 Å². The zero-order chi connectivity index (χ0) is 17.1. The van der Waals surface area contributed by atoms with Gasteiger partial charge in [0.2, 0.25) is 11.8 Å². The SMILES string of the molecule is CC(N)C1CCN(C(=O)C2CCCCC2C(=O)N2CCCC2)CC1.Cl. The monoisotopic (exact) mass is 371 g/mol. The molecule has 1 saturated carbocycles. The fourth-order valence-corrected chi connectivity index (χ4v) is 4.77. The van der Waals surface area contributed by atoms with E-state index in [4.69, 9.17) is 5.73 Å². The van der Waals surface area contributed by atoms with Crippen LogP contribution in [0.15, 0.2) is 0 Å². The van der Waals surface area contributed by atoms with Gasteiger partial charge in [0, 0.05) is 44.1 Å². The molecule has 0 radical (unpaired) electrons. The fourth-order valence-electron chi connectivity index (χ4n) is 4.77. The van der Waals surface area contributed by atoms with Gasteiger partial charge in [-0.25, -0.2) is 0 Å². The summed E-state index contributed by atoms with van der Waals surface area (Å²) in [5, 5.41) is 0. The molecule has 2 N–H and O–H groups in total. The molecule has 0 aromatic rings. The fraction of sp³-hybridized carbons (Fsp3) is 0.895. The first kappa shape index (κ1) is 20.5. The minimum Gasteiger partial charge on any atom is -0.342 e. The number of nitrogens with zero attached hydrogens (tertiary/aromatic N) is 2. The minimum absolute atomic E-state index is 0.